The van der Waals surface area contributed by atoms with E-state index >= 15 is 0 Å². The summed E-state index contributed by atoms with van der Waals surface area (Å²) in [6, 6.07) is 4.64. The average molecular weight is 295 g/mol. The van der Waals surface area contributed by atoms with Gasteiger partial charge < -0.3 is 15.1 Å². The van der Waals surface area contributed by atoms with Crippen LogP contribution in [0.25, 0.3) is 0 Å². The number of hydrogen-bond donors (Lipinski definition) is 1. The first kappa shape index (κ1) is 17.4. The van der Waals surface area contributed by atoms with Crippen molar-refractivity contribution in [2.75, 3.05) is 45.6 Å². The number of carbonyl (C=O) groups is 1. The molecule has 1 N–H and O–H groups in total. The lowest BCUT2D eigenvalue weighted by Crippen LogP contribution is -2.37. The van der Waals surface area contributed by atoms with Crippen molar-refractivity contribution in [1.29, 1.82) is 0 Å². The molecule has 0 aromatic heterocycles. The fourth-order valence-corrected chi connectivity index (χ4v) is 2.13. The summed E-state index contributed by atoms with van der Waals surface area (Å²) in [5.74, 6) is -0.499. The van der Waals surface area contributed by atoms with Crippen LogP contribution in [0.2, 0.25) is 0 Å². The number of hydrogen-bond acceptors (Lipinski definition) is 3. The summed E-state index contributed by atoms with van der Waals surface area (Å²) >= 11 is 0. The maximum atomic E-state index is 13.9. The molecule has 0 unspecified atom stereocenters. The minimum absolute atomic E-state index is 0.117. The normalized spacial score (nSPS) is 10.8. The lowest BCUT2D eigenvalue weighted by molar-refractivity contribution is 0.0745. The predicted octanol–water partition coefficient (Wildman–Crippen LogP) is 2.67. The van der Waals surface area contributed by atoms with Gasteiger partial charge >= 0.3 is 0 Å². The molecular weight excluding hydrogens is 269 g/mol. The van der Waals surface area contributed by atoms with Crippen molar-refractivity contribution in [1.82, 2.24) is 9.80 Å². The molecule has 0 spiro atoms. The van der Waals surface area contributed by atoms with Gasteiger partial charge in [-0.1, -0.05) is 13.0 Å². The van der Waals surface area contributed by atoms with Crippen LogP contribution in [0.4, 0.5) is 10.1 Å². The second kappa shape index (κ2) is 8.62. The molecule has 0 saturated carbocycles. The quantitative estimate of drug-likeness (QED) is 0.801. The lowest BCUT2D eigenvalue weighted by atomic mass is 10.1. The zero-order chi connectivity index (χ0) is 15.8. The van der Waals surface area contributed by atoms with Crippen LogP contribution in [-0.2, 0) is 0 Å². The zero-order valence-corrected chi connectivity index (χ0v) is 13.4. The summed E-state index contributed by atoms with van der Waals surface area (Å²) in [4.78, 5) is 16.5. The molecule has 1 aromatic carbocycles. The smallest absolute Gasteiger partial charge is 0.256 e. The second-order valence-electron chi connectivity index (χ2n) is 5.29. The summed E-state index contributed by atoms with van der Waals surface area (Å²) in [6.45, 7) is 6.60. The molecule has 0 atom stereocenters. The third-order valence-electron chi connectivity index (χ3n) is 3.20. The first-order valence-electron chi connectivity index (χ1n) is 7.47. The van der Waals surface area contributed by atoms with Crippen molar-refractivity contribution >= 4 is 11.6 Å². The van der Waals surface area contributed by atoms with Crippen LogP contribution in [0.5, 0.6) is 0 Å². The number of nitrogens with zero attached hydrogens (tertiary/aromatic N) is 2. The number of para-hydroxylation sites is 1. The van der Waals surface area contributed by atoms with E-state index in [1.54, 1.807) is 17.0 Å². The molecule has 0 radical (unpaired) electrons. The van der Waals surface area contributed by atoms with Crippen LogP contribution in [0, 0.1) is 5.82 Å². The molecule has 1 aromatic rings. The minimum atomic E-state index is -0.383. The van der Waals surface area contributed by atoms with E-state index < -0.39 is 0 Å². The number of rotatable bonds is 8. The molecule has 1 rings (SSSR count). The Bertz CT molecular complexity index is 463. The lowest BCUT2D eigenvalue weighted by Gasteiger charge is -2.25. The summed E-state index contributed by atoms with van der Waals surface area (Å²) in [5, 5.41) is 2.95. The fraction of sp³-hybridized carbons (Fsp3) is 0.562. The fourth-order valence-electron chi connectivity index (χ4n) is 2.13. The highest BCUT2D eigenvalue weighted by molar-refractivity contribution is 5.99. The van der Waals surface area contributed by atoms with E-state index in [0.29, 0.717) is 30.9 Å². The molecule has 0 aliphatic heterocycles. The molecule has 0 aliphatic rings. The topological polar surface area (TPSA) is 35.6 Å². The molecule has 5 heteroatoms. The Balaban J connectivity index is 2.99. The first-order valence-corrected chi connectivity index (χ1v) is 7.47. The Kier molecular flexibility index (Phi) is 7.15. The third kappa shape index (κ3) is 5.01. The Hall–Kier alpha value is -1.62. The van der Waals surface area contributed by atoms with E-state index in [1.165, 1.54) is 6.07 Å². The van der Waals surface area contributed by atoms with Gasteiger partial charge in [0, 0.05) is 26.2 Å². The minimum Gasteiger partial charge on any atom is -0.382 e. The van der Waals surface area contributed by atoms with Crippen LogP contribution in [-0.4, -0.2) is 56.0 Å². The Labute approximate surface area is 126 Å². The molecule has 0 saturated heterocycles. The summed E-state index contributed by atoms with van der Waals surface area (Å²) in [5.41, 5.74) is 0.708. The molecule has 0 heterocycles. The van der Waals surface area contributed by atoms with Crippen LogP contribution in [0.15, 0.2) is 18.2 Å². The molecule has 0 aliphatic carbocycles. The van der Waals surface area contributed by atoms with Crippen LogP contribution >= 0.6 is 0 Å². The molecule has 118 valence electrons. The number of likely N-dealkylation sites (N-methyl/N-ethyl adjacent to an activating group) is 1. The van der Waals surface area contributed by atoms with Crippen LogP contribution in [0.1, 0.15) is 30.6 Å². The Morgan fingerprint density at radius 3 is 2.48 bits per heavy atom. The number of nitrogens with one attached hydrogen (secondary N) is 1. The SMILES string of the molecule is CCCN(CCN(C)C)C(=O)c1cccc(F)c1NCC. The van der Waals surface area contributed by atoms with E-state index in [1.807, 2.05) is 32.8 Å². The zero-order valence-electron chi connectivity index (χ0n) is 13.4. The number of amides is 1. The Morgan fingerprint density at radius 1 is 1.19 bits per heavy atom. The van der Waals surface area contributed by atoms with Crippen LogP contribution < -0.4 is 5.32 Å². The summed E-state index contributed by atoms with van der Waals surface area (Å²) < 4.78 is 13.9. The van der Waals surface area contributed by atoms with Crippen molar-refractivity contribution in [3.8, 4) is 0 Å². The molecule has 0 bridgehead atoms. The van der Waals surface area contributed by atoms with Crippen LogP contribution in [0.3, 0.4) is 0 Å². The highest BCUT2D eigenvalue weighted by Gasteiger charge is 2.20. The van der Waals surface area contributed by atoms with Gasteiger partial charge in [-0.25, -0.2) is 4.39 Å². The van der Waals surface area contributed by atoms with Gasteiger partial charge in [-0.05, 0) is 39.6 Å². The van der Waals surface area contributed by atoms with Crippen molar-refractivity contribution in [3.05, 3.63) is 29.6 Å². The van der Waals surface area contributed by atoms with Gasteiger partial charge in [0.15, 0.2) is 0 Å². The summed E-state index contributed by atoms with van der Waals surface area (Å²) in [6.07, 6.45) is 0.880. The first-order chi connectivity index (χ1) is 10.0. The maximum absolute atomic E-state index is 13.9. The molecule has 4 nitrogen and oxygen atoms in total. The molecule has 21 heavy (non-hydrogen) atoms. The molecule has 1 amide bonds. The monoisotopic (exact) mass is 295 g/mol. The number of halogens is 1. The molecular formula is C16H26FN3O. The second-order valence-corrected chi connectivity index (χ2v) is 5.29. The Morgan fingerprint density at radius 2 is 1.90 bits per heavy atom. The van der Waals surface area contributed by atoms with E-state index in [2.05, 4.69) is 5.32 Å². The summed E-state index contributed by atoms with van der Waals surface area (Å²) in [7, 11) is 3.95. The number of carbonyl (C=O) groups excluding carboxylic acids is 1. The van der Waals surface area contributed by atoms with E-state index in [-0.39, 0.29) is 11.7 Å². The van der Waals surface area contributed by atoms with E-state index in [0.717, 1.165) is 13.0 Å². The van der Waals surface area contributed by atoms with Gasteiger partial charge in [0.1, 0.15) is 5.82 Å². The van der Waals surface area contributed by atoms with Crippen molar-refractivity contribution in [2.45, 2.75) is 20.3 Å². The third-order valence-corrected chi connectivity index (χ3v) is 3.20. The van der Waals surface area contributed by atoms with E-state index in [9.17, 15) is 9.18 Å². The van der Waals surface area contributed by atoms with Gasteiger partial charge in [0.2, 0.25) is 0 Å². The van der Waals surface area contributed by atoms with Gasteiger partial charge in [-0.15, -0.1) is 0 Å². The maximum Gasteiger partial charge on any atom is 0.256 e. The van der Waals surface area contributed by atoms with Crippen molar-refractivity contribution in [3.63, 3.8) is 0 Å². The standard InChI is InChI=1S/C16H26FN3O/c1-5-10-20(12-11-19(3)4)16(21)13-8-7-9-14(17)15(13)18-6-2/h7-9,18H,5-6,10-12H2,1-4H3. The van der Waals surface area contributed by atoms with E-state index in [4.69, 9.17) is 0 Å². The van der Waals surface area contributed by atoms with Gasteiger partial charge in [-0.2, -0.15) is 0 Å². The van der Waals surface area contributed by atoms with Gasteiger partial charge in [0.05, 0.1) is 11.3 Å². The predicted molar refractivity (Wildman–Crippen MR) is 85.3 cm³/mol. The largest absolute Gasteiger partial charge is 0.382 e. The highest BCUT2D eigenvalue weighted by Crippen LogP contribution is 2.21. The highest BCUT2D eigenvalue weighted by atomic mass is 19.1. The van der Waals surface area contributed by atoms with Crippen molar-refractivity contribution in [2.24, 2.45) is 0 Å². The van der Waals surface area contributed by atoms with Crippen molar-refractivity contribution < 1.29 is 9.18 Å². The number of anilines is 1. The number of benzene rings is 1. The van der Waals surface area contributed by atoms with Gasteiger partial charge in [0.25, 0.3) is 5.91 Å². The van der Waals surface area contributed by atoms with Gasteiger partial charge in [-0.3, -0.25) is 4.79 Å². The molecule has 0 fully saturated rings. The average Bonchev–Trinajstić information content (AvgIpc) is 2.45.